The minimum Gasteiger partial charge on any atom is -0.320 e. The molecule has 0 radical (unpaired) electrons. The summed E-state index contributed by atoms with van der Waals surface area (Å²) in [5.41, 5.74) is 3.10. The SMILES string of the molecule is Cc1ccc(C)c(NC(=O)c2nn(C)cc2Cl)c1. The number of halogens is 1. The first-order valence-corrected chi connectivity index (χ1v) is 5.93. The van der Waals surface area contributed by atoms with Gasteiger partial charge >= 0.3 is 0 Å². The van der Waals surface area contributed by atoms with Crippen LogP contribution in [0.4, 0.5) is 5.69 Å². The summed E-state index contributed by atoms with van der Waals surface area (Å²) in [7, 11) is 1.72. The molecule has 1 N–H and O–H groups in total. The predicted molar refractivity (Wildman–Crippen MR) is 72.1 cm³/mol. The summed E-state index contributed by atoms with van der Waals surface area (Å²) in [6.45, 7) is 3.91. The quantitative estimate of drug-likeness (QED) is 0.906. The molecule has 0 aliphatic heterocycles. The van der Waals surface area contributed by atoms with Crippen LogP contribution >= 0.6 is 11.6 Å². The Hall–Kier alpha value is -1.81. The Morgan fingerprint density at radius 2 is 2.11 bits per heavy atom. The largest absolute Gasteiger partial charge is 0.320 e. The van der Waals surface area contributed by atoms with Crippen LogP contribution in [-0.4, -0.2) is 15.7 Å². The van der Waals surface area contributed by atoms with Gasteiger partial charge in [0.1, 0.15) is 0 Å². The molecule has 0 atom stereocenters. The third-order valence-corrected chi connectivity index (χ3v) is 2.92. The van der Waals surface area contributed by atoms with Gasteiger partial charge < -0.3 is 5.32 Å². The maximum Gasteiger partial charge on any atom is 0.277 e. The van der Waals surface area contributed by atoms with Crippen LogP contribution in [-0.2, 0) is 7.05 Å². The van der Waals surface area contributed by atoms with Crippen molar-refractivity contribution in [2.24, 2.45) is 7.05 Å². The van der Waals surface area contributed by atoms with E-state index >= 15 is 0 Å². The smallest absolute Gasteiger partial charge is 0.277 e. The van der Waals surface area contributed by atoms with E-state index in [2.05, 4.69) is 10.4 Å². The zero-order valence-electron chi connectivity index (χ0n) is 10.5. The highest BCUT2D eigenvalue weighted by Crippen LogP contribution is 2.19. The number of benzene rings is 1. The van der Waals surface area contributed by atoms with Crippen molar-refractivity contribution in [2.45, 2.75) is 13.8 Å². The number of anilines is 1. The predicted octanol–water partition coefficient (Wildman–Crippen LogP) is 2.94. The fourth-order valence-corrected chi connectivity index (χ4v) is 1.93. The standard InChI is InChI=1S/C13H14ClN3O/c1-8-4-5-9(2)11(6-8)15-13(18)12-10(14)7-17(3)16-12/h4-7H,1-3H3,(H,15,18). The second kappa shape index (κ2) is 4.82. The minimum atomic E-state index is -0.297. The Morgan fingerprint density at radius 3 is 2.72 bits per heavy atom. The van der Waals surface area contributed by atoms with Gasteiger partial charge in [-0.15, -0.1) is 0 Å². The van der Waals surface area contributed by atoms with E-state index in [1.807, 2.05) is 32.0 Å². The summed E-state index contributed by atoms with van der Waals surface area (Å²) in [6, 6.07) is 5.88. The Labute approximate surface area is 111 Å². The van der Waals surface area contributed by atoms with E-state index in [1.165, 1.54) is 4.68 Å². The average molecular weight is 264 g/mol. The number of carbonyl (C=O) groups is 1. The molecule has 94 valence electrons. The van der Waals surface area contributed by atoms with Crippen LogP contribution in [0.1, 0.15) is 21.6 Å². The van der Waals surface area contributed by atoms with E-state index in [0.717, 1.165) is 16.8 Å². The van der Waals surface area contributed by atoms with Gasteiger partial charge in [-0.1, -0.05) is 23.7 Å². The lowest BCUT2D eigenvalue weighted by Crippen LogP contribution is -2.14. The average Bonchev–Trinajstić information content (AvgIpc) is 2.63. The molecule has 2 rings (SSSR count). The van der Waals surface area contributed by atoms with Gasteiger partial charge in [0.05, 0.1) is 5.02 Å². The number of hydrogen-bond donors (Lipinski definition) is 1. The van der Waals surface area contributed by atoms with E-state index in [4.69, 9.17) is 11.6 Å². The molecule has 4 nitrogen and oxygen atoms in total. The summed E-state index contributed by atoms with van der Waals surface area (Å²) in [5, 5.41) is 7.20. The monoisotopic (exact) mass is 263 g/mol. The first-order valence-electron chi connectivity index (χ1n) is 5.55. The molecule has 0 aliphatic carbocycles. The Balaban J connectivity index is 2.26. The van der Waals surface area contributed by atoms with E-state index in [-0.39, 0.29) is 11.6 Å². The number of nitrogens with zero attached hydrogens (tertiary/aromatic N) is 2. The number of aryl methyl sites for hydroxylation is 3. The highest BCUT2D eigenvalue weighted by molar-refractivity contribution is 6.34. The Morgan fingerprint density at radius 1 is 1.39 bits per heavy atom. The van der Waals surface area contributed by atoms with E-state index in [0.29, 0.717) is 5.02 Å². The number of nitrogens with one attached hydrogen (secondary N) is 1. The summed E-state index contributed by atoms with van der Waals surface area (Å²) in [6.07, 6.45) is 1.60. The highest BCUT2D eigenvalue weighted by Gasteiger charge is 2.15. The van der Waals surface area contributed by atoms with Crippen molar-refractivity contribution in [1.82, 2.24) is 9.78 Å². The molecular weight excluding hydrogens is 250 g/mol. The molecule has 0 aliphatic rings. The van der Waals surface area contributed by atoms with Crippen LogP contribution in [0, 0.1) is 13.8 Å². The number of carbonyl (C=O) groups excluding carboxylic acids is 1. The van der Waals surface area contributed by atoms with Crippen LogP contribution in [0.5, 0.6) is 0 Å². The Kier molecular flexibility index (Phi) is 3.39. The van der Waals surface area contributed by atoms with Gasteiger partial charge in [-0.25, -0.2) is 0 Å². The number of hydrogen-bond acceptors (Lipinski definition) is 2. The first kappa shape index (κ1) is 12.6. The Bertz CT molecular complexity index is 604. The fourth-order valence-electron chi connectivity index (χ4n) is 1.67. The van der Waals surface area contributed by atoms with Gasteiger partial charge in [0.2, 0.25) is 0 Å². The molecule has 5 heteroatoms. The molecule has 1 amide bonds. The van der Waals surface area contributed by atoms with Crippen molar-refractivity contribution in [3.63, 3.8) is 0 Å². The highest BCUT2D eigenvalue weighted by atomic mass is 35.5. The van der Waals surface area contributed by atoms with E-state index < -0.39 is 0 Å². The lowest BCUT2D eigenvalue weighted by Gasteiger charge is -2.08. The fraction of sp³-hybridized carbons (Fsp3) is 0.231. The summed E-state index contributed by atoms with van der Waals surface area (Å²) in [5.74, 6) is -0.297. The zero-order valence-corrected chi connectivity index (χ0v) is 11.2. The van der Waals surface area contributed by atoms with Crippen molar-refractivity contribution in [3.05, 3.63) is 46.2 Å². The van der Waals surface area contributed by atoms with Crippen LogP contribution in [0.25, 0.3) is 0 Å². The molecule has 1 aromatic heterocycles. The van der Waals surface area contributed by atoms with Crippen molar-refractivity contribution in [2.75, 3.05) is 5.32 Å². The molecule has 0 bridgehead atoms. The third-order valence-electron chi connectivity index (χ3n) is 2.64. The van der Waals surface area contributed by atoms with Crippen molar-refractivity contribution in [1.29, 1.82) is 0 Å². The normalized spacial score (nSPS) is 10.4. The topological polar surface area (TPSA) is 46.9 Å². The second-order valence-electron chi connectivity index (χ2n) is 4.27. The maximum atomic E-state index is 12.0. The molecule has 0 spiro atoms. The first-order chi connectivity index (χ1) is 8.47. The molecule has 0 saturated carbocycles. The molecule has 1 aromatic carbocycles. The van der Waals surface area contributed by atoms with Gasteiger partial charge in [0.15, 0.2) is 5.69 Å². The van der Waals surface area contributed by atoms with Crippen molar-refractivity contribution >= 4 is 23.2 Å². The summed E-state index contributed by atoms with van der Waals surface area (Å²) in [4.78, 5) is 12.0. The zero-order chi connectivity index (χ0) is 13.3. The van der Waals surface area contributed by atoms with E-state index in [9.17, 15) is 4.79 Å². The number of rotatable bonds is 2. The van der Waals surface area contributed by atoms with Crippen LogP contribution in [0.15, 0.2) is 24.4 Å². The third kappa shape index (κ3) is 2.54. The van der Waals surface area contributed by atoms with Gasteiger partial charge in [-0.3, -0.25) is 9.48 Å². The second-order valence-corrected chi connectivity index (χ2v) is 4.68. The van der Waals surface area contributed by atoms with Gasteiger partial charge in [-0.2, -0.15) is 5.10 Å². The van der Waals surface area contributed by atoms with Crippen LogP contribution in [0.3, 0.4) is 0 Å². The number of amides is 1. The van der Waals surface area contributed by atoms with Crippen LogP contribution < -0.4 is 5.32 Å². The van der Waals surface area contributed by atoms with Gasteiger partial charge in [0, 0.05) is 18.9 Å². The molecule has 0 unspecified atom stereocenters. The summed E-state index contributed by atoms with van der Waals surface area (Å²) < 4.78 is 1.51. The molecule has 18 heavy (non-hydrogen) atoms. The molecule has 2 aromatic rings. The minimum absolute atomic E-state index is 0.236. The molecule has 0 fully saturated rings. The molecular formula is C13H14ClN3O. The van der Waals surface area contributed by atoms with E-state index in [1.54, 1.807) is 13.2 Å². The molecule has 0 saturated heterocycles. The van der Waals surface area contributed by atoms with Gasteiger partial charge in [-0.05, 0) is 31.0 Å². The lowest BCUT2D eigenvalue weighted by molar-refractivity contribution is 0.102. The molecule has 1 heterocycles. The van der Waals surface area contributed by atoms with Crippen molar-refractivity contribution in [3.8, 4) is 0 Å². The lowest BCUT2D eigenvalue weighted by atomic mass is 10.1. The van der Waals surface area contributed by atoms with Gasteiger partial charge in [0.25, 0.3) is 5.91 Å². The number of aromatic nitrogens is 2. The van der Waals surface area contributed by atoms with Crippen LogP contribution in [0.2, 0.25) is 5.02 Å². The summed E-state index contributed by atoms with van der Waals surface area (Å²) >= 11 is 5.93. The van der Waals surface area contributed by atoms with Crippen molar-refractivity contribution < 1.29 is 4.79 Å². The maximum absolute atomic E-state index is 12.0.